The molecule has 0 spiro atoms. The van der Waals surface area contributed by atoms with Crippen LogP contribution in [0.2, 0.25) is 10.0 Å². The van der Waals surface area contributed by atoms with Crippen molar-refractivity contribution in [3.05, 3.63) is 110 Å². The minimum absolute atomic E-state index is 0.123. The number of nitrogens with zero attached hydrogens (tertiary/aromatic N) is 2. The van der Waals surface area contributed by atoms with Crippen LogP contribution in [-0.2, 0) is 13.1 Å². The standard InChI is InChI=1S/C23H17Cl2N3O2/c24-17-10-16(11-18(25)12-17)23(30)28(13-15-6-2-1-3-7-15)14-21-26-20-9-5-4-8-19(20)22(29)27-21/h1-12H,13-14H2,(H,26,27,29). The fraction of sp³-hybridized carbons (Fsp3) is 0.0870. The summed E-state index contributed by atoms with van der Waals surface area (Å²) >= 11 is 12.2. The highest BCUT2D eigenvalue weighted by Gasteiger charge is 2.19. The average Bonchev–Trinajstić information content (AvgIpc) is 2.73. The number of fused-ring (bicyclic) bond motifs is 1. The summed E-state index contributed by atoms with van der Waals surface area (Å²) in [4.78, 5) is 34.6. The lowest BCUT2D eigenvalue weighted by atomic mass is 10.1. The predicted octanol–water partition coefficient (Wildman–Crippen LogP) is 5.07. The Morgan fingerprint density at radius 2 is 1.57 bits per heavy atom. The molecule has 0 radical (unpaired) electrons. The van der Waals surface area contributed by atoms with E-state index in [0.717, 1.165) is 5.56 Å². The van der Waals surface area contributed by atoms with Crippen LogP contribution in [0.3, 0.4) is 0 Å². The number of carbonyl (C=O) groups is 1. The summed E-state index contributed by atoms with van der Waals surface area (Å²) in [5.74, 6) is 0.134. The van der Waals surface area contributed by atoms with E-state index in [4.69, 9.17) is 23.2 Å². The Morgan fingerprint density at radius 3 is 2.30 bits per heavy atom. The Hall–Kier alpha value is -3.15. The van der Waals surface area contributed by atoms with Gasteiger partial charge in [0.25, 0.3) is 11.5 Å². The Labute approximate surface area is 182 Å². The molecule has 7 heteroatoms. The van der Waals surface area contributed by atoms with Gasteiger partial charge in [-0.1, -0.05) is 65.7 Å². The first-order valence-electron chi connectivity index (χ1n) is 9.27. The minimum atomic E-state index is -0.265. The number of hydrogen-bond acceptors (Lipinski definition) is 3. The number of benzene rings is 3. The molecule has 0 aliphatic heterocycles. The number of halogens is 2. The molecule has 1 heterocycles. The number of H-pyrrole nitrogens is 1. The predicted molar refractivity (Wildman–Crippen MR) is 119 cm³/mol. The van der Waals surface area contributed by atoms with Crippen LogP contribution in [0.1, 0.15) is 21.7 Å². The third-order valence-corrected chi connectivity index (χ3v) is 5.05. The second-order valence-electron chi connectivity index (χ2n) is 6.83. The first-order valence-corrected chi connectivity index (χ1v) is 10.0. The maximum atomic E-state index is 13.3. The van der Waals surface area contributed by atoms with Gasteiger partial charge in [-0.15, -0.1) is 0 Å². The third-order valence-electron chi connectivity index (χ3n) is 4.62. The summed E-state index contributed by atoms with van der Waals surface area (Å²) in [6.07, 6.45) is 0. The van der Waals surface area contributed by atoms with E-state index in [1.54, 1.807) is 41.3 Å². The molecule has 150 valence electrons. The fourth-order valence-corrected chi connectivity index (χ4v) is 3.78. The van der Waals surface area contributed by atoms with Crippen molar-refractivity contribution in [3.8, 4) is 0 Å². The number of para-hydroxylation sites is 1. The minimum Gasteiger partial charge on any atom is -0.327 e. The van der Waals surface area contributed by atoms with E-state index in [0.29, 0.717) is 38.9 Å². The van der Waals surface area contributed by atoms with Crippen LogP contribution in [0.25, 0.3) is 10.9 Å². The lowest BCUT2D eigenvalue weighted by Gasteiger charge is -2.23. The third kappa shape index (κ3) is 4.53. The monoisotopic (exact) mass is 437 g/mol. The molecule has 1 amide bonds. The van der Waals surface area contributed by atoms with Gasteiger partial charge in [-0.3, -0.25) is 9.59 Å². The summed E-state index contributed by atoms with van der Waals surface area (Å²) < 4.78 is 0. The summed E-state index contributed by atoms with van der Waals surface area (Å²) in [7, 11) is 0. The molecule has 3 aromatic carbocycles. The van der Waals surface area contributed by atoms with Crippen molar-refractivity contribution < 1.29 is 4.79 Å². The maximum Gasteiger partial charge on any atom is 0.258 e. The summed E-state index contributed by atoms with van der Waals surface area (Å²) in [6.45, 7) is 0.457. The van der Waals surface area contributed by atoms with E-state index in [9.17, 15) is 9.59 Å². The van der Waals surface area contributed by atoms with Gasteiger partial charge < -0.3 is 9.88 Å². The smallest absolute Gasteiger partial charge is 0.258 e. The van der Waals surface area contributed by atoms with E-state index in [2.05, 4.69) is 9.97 Å². The maximum absolute atomic E-state index is 13.3. The molecule has 1 N–H and O–H groups in total. The first-order chi connectivity index (χ1) is 14.5. The van der Waals surface area contributed by atoms with E-state index in [1.165, 1.54) is 0 Å². The van der Waals surface area contributed by atoms with Crippen molar-refractivity contribution in [2.45, 2.75) is 13.1 Å². The summed E-state index contributed by atoms with van der Waals surface area (Å²) in [5.41, 5.74) is 1.65. The van der Waals surface area contributed by atoms with Crippen LogP contribution in [0.15, 0.2) is 77.6 Å². The number of rotatable bonds is 5. The van der Waals surface area contributed by atoms with Gasteiger partial charge in [-0.05, 0) is 35.9 Å². The second kappa shape index (κ2) is 8.69. The number of amides is 1. The van der Waals surface area contributed by atoms with Crippen LogP contribution in [0, 0.1) is 0 Å². The lowest BCUT2D eigenvalue weighted by molar-refractivity contribution is 0.0725. The van der Waals surface area contributed by atoms with Crippen molar-refractivity contribution in [1.29, 1.82) is 0 Å². The summed E-state index contributed by atoms with van der Waals surface area (Å²) in [6, 6.07) is 21.4. The van der Waals surface area contributed by atoms with Gasteiger partial charge in [0.2, 0.25) is 0 Å². The van der Waals surface area contributed by atoms with Gasteiger partial charge in [0.1, 0.15) is 5.82 Å². The highest BCUT2D eigenvalue weighted by Crippen LogP contribution is 2.21. The molecule has 30 heavy (non-hydrogen) atoms. The van der Waals surface area contributed by atoms with Crippen LogP contribution >= 0.6 is 23.2 Å². The number of aromatic nitrogens is 2. The molecule has 5 nitrogen and oxygen atoms in total. The number of hydrogen-bond donors (Lipinski definition) is 1. The molecule has 0 aliphatic rings. The van der Waals surface area contributed by atoms with Gasteiger partial charge in [0, 0.05) is 22.2 Å². The quantitative estimate of drug-likeness (QED) is 0.473. The molecule has 0 bridgehead atoms. The van der Waals surface area contributed by atoms with Gasteiger partial charge in [0.05, 0.1) is 17.4 Å². The van der Waals surface area contributed by atoms with E-state index < -0.39 is 0 Å². The normalized spacial score (nSPS) is 10.9. The van der Waals surface area contributed by atoms with Crippen molar-refractivity contribution in [2.75, 3.05) is 0 Å². The average molecular weight is 438 g/mol. The second-order valence-corrected chi connectivity index (χ2v) is 7.71. The Kier molecular flexibility index (Phi) is 5.84. The van der Waals surface area contributed by atoms with Crippen LogP contribution in [0.5, 0.6) is 0 Å². The Balaban J connectivity index is 1.71. The van der Waals surface area contributed by atoms with E-state index in [-0.39, 0.29) is 18.0 Å². The molecule has 0 aliphatic carbocycles. The number of nitrogens with one attached hydrogen (secondary N) is 1. The molecular formula is C23H17Cl2N3O2. The van der Waals surface area contributed by atoms with E-state index in [1.807, 2.05) is 36.4 Å². The molecule has 0 fully saturated rings. The Bertz CT molecular complexity index is 1250. The van der Waals surface area contributed by atoms with Crippen LogP contribution < -0.4 is 5.56 Å². The largest absolute Gasteiger partial charge is 0.327 e. The van der Waals surface area contributed by atoms with Crippen LogP contribution in [0.4, 0.5) is 0 Å². The molecular weight excluding hydrogens is 421 g/mol. The first kappa shape index (κ1) is 20.1. The molecule has 1 aromatic heterocycles. The van der Waals surface area contributed by atoms with Gasteiger partial charge in [-0.25, -0.2) is 4.98 Å². The number of carbonyl (C=O) groups excluding carboxylic acids is 1. The van der Waals surface area contributed by atoms with Crippen molar-refractivity contribution in [2.24, 2.45) is 0 Å². The lowest BCUT2D eigenvalue weighted by Crippen LogP contribution is -2.31. The highest BCUT2D eigenvalue weighted by molar-refractivity contribution is 6.35. The molecule has 0 atom stereocenters. The zero-order chi connectivity index (χ0) is 21.1. The zero-order valence-electron chi connectivity index (χ0n) is 15.8. The highest BCUT2D eigenvalue weighted by atomic mass is 35.5. The SMILES string of the molecule is O=C(c1cc(Cl)cc(Cl)c1)N(Cc1ccccc1)Cc1nc2ccccc2c(=O)[nH]1. The van der Waals surface area contributed by atoms with Crippen molar-refractivity contribution >= 4 is 40.0 Å². The zero-order valence-corrected chi connectivity index (χ0v) is 17.3. The van der Waals surface area contributed by atoms with E-state index >= 15 is 0 Å². The molecule has 4 rings (SSSR count). The molecule has 0 unspecified atom stereocenters. The summed E-state index contributed by atoms with van der Waals surface area (Å²) in [5, 5.41) is 1.26. The fourth-order valence-electron chi connectivity index (χ4n) is 3.25. The van der Waals surface area contributed by atoms with Crippen LogP contribution in [-0.4, -0.2) is 20.8 Å². The van der Waals surface area contributed by atoms with Crippen molar-refractivity contribution in [1.82, 2.24) is 14.9 Å². The number of aromatic amines is 1. The molecule has 0 saturated heterocycles. The van der Waals surface area contributed by atoms with Gasteiger partial charge in [0.15, 0.2) is 0 Å². The van der Waals surface area contributed by atoms with Gasteiger partial charge >= 0.3 is 0 Å². The van der Waals surface area contributed by atoms with Gasteiger partial charge in [-0.2, -0.15) is 0 Å². The molecule has 4 aromatic rings. The topological polar surface area (TPSA) is 66.1 Å². The molecule has 0 saturated carbocycles. The Morgan fingerprint density at radius 1 is 0.900 bits per heavy atom. The van der Waals surface area contributed by atoms with Crippen molar-refractivity contribution in [3.63, 3.8) is 0 Å².